The molecule has 140 valence electrons. The molecule has 1 saturated heterocycles. The summed E-state index contributed by atoms with van der Waals surface area (Å²) in [6.45, 7) is 5.51. The fraction of sp³-hybridized carbons (Fsp3) is 0.625. The number of sulfonamides is 1. The third kappa shape index (κ3) is 4.97. The lowest BCUT2D eigenvalue weighted by Crippen LogP contribution is -2.35. The maximum atomic E-state index is 13.0. The molecule has 1 heterocycles. The van der Waals surface area contributed by atoms with Crippen molar-refractivity contribution in [3.05, 3.63) is 33.9 Å². The first-order valence-electron chi connectivity index (χ1n) is 8.32. The molecule has 1 aromatic carbocycles. The Labute approximate surface area is 148 Å². The third-order valence-corrected chi connectivity index (χ3v) is 6.41. The van der Waals surface area contributed by atoms with Gasteiger partial charge in [-0.05, 0) is 31.9 Å². The van der Waals surface area contributed by atoms with Crippen molar-refractivity contribution in [3.8, 4) is 0 Å². The lowest BCUT2D eigenvalue weighted by molar-refractivity contribution is -0.385. The minimum absolute atomic E-state index is 0.0227. The number of ether oxygens (including phenoxy) is 1. The molecule has 9 heteroatoms. The Bertz CT molecular complexity index is 708. The SMILES string of the molecule is COCCCN1CCCN(S(=O)(=O)c2cc([N+](=O)[O-])ccc2C)CC1. The predicted molar refractivity (Wildman–Crippen MR) is 94.1 cm³/mol. The number of hydrogen-bond acceptors (Lipinski definition) is 6. The highest BCUT2D eigenvalue weighted by Gasteiger charge is 2.29. The van der Waals surface area contributed by atoms with E-state index in [1.54, 1.807) is 14.0 Å². The highest BCUT2D eigenvalue weighted by Crippen LogP contribution is 2.25. The maximum absolute atomic E-state index is 13.0. The molecule has 0 aliphatic carbocycles. The van der Waals surface area contributed by atoms with Gasteiger partial charge in [0.05, 0.1) is 9.82 Å². The number of hydrogen-bond donors (Lipinski definition) is 0. The summed E-state index contributed by atoms with van der Waals surface area (Å²) >= 11 is 0. The molecule has 0 N–H and O–H groups in total. The molecule has 0 aromatic heterocycles. The van der Waals surface area contributed by atoms with Gasteiger partial charge in [0.1, 0.15) is 0 Å². The Kier molecular flexibility index (Phi) is 6.88. The average Bonchev–Trinajstić information content (AvgIpc) is 2.81. The number of aryl methyl sites for hydroxylation is 1. The molecule has 0 spiro atoms. The zero-order chi connectivity index (χ0) is 18.4. The quantitative estimate of drug-likeness (QED) is 0.411. The van der Waals surface area contributed by atoms with Crippen molar-refractivity contribution in [3.63, 3.8) is 0 Å². The molecule has 0 bridgehead atoms. The zero-order valence-corrected chi connectivity index (χ0v) is 15.5. The number of benzene rings is 1. The van der Waals surface area contributed by atoms with Crippen LogP contribution in [0.2, 0.25) is 0 Å². The van der Waals surface area contributed by atoms with Crippen LogP contribution in [-0.4, -0.2) is 69.0 Å². The fourth-order valence-electron chi connectivity index (χ4n) is 2.96. The van der Waals surface area contributed by atoms with Crippen LogP contribution in [0.15, 0.2) is 23.1 Å². The summed E-state index contributed by atoms with van der Waals surface area (Å²) in [5, 5.41) is 11.0. The Balaban J connectivity index is 2.14. The summed E-state index contributed by atoms with van der Waals surface area (Å²) in [7, 11) is -2.08. The van der Waals surface area contributed by atoms with E-state index in [4.69, 9.17) is 4.74 Å². The van der Waals surface area contributed by atoms with Crippen LogP contribution in [0.3, 0.4) is 0 Å². The largest absolute Gasteiger partial charge is 0.385 e. The summed E-state index contributed by atoms with van der Waals surface area (Å²) in [4.78, 5) is 12.7. The number of nitro groups is 1. The Morgan fingerprint density at radius 3 is 2.68 bits per heavy atom. The first-order valence-corrected chi connectivity index (χ1v) is 9.76. The molecular weight excluding hydrogens is 346 g/mol. The number of nitro benzene ring substituents is 1. The van der Waals surface area contributed by atoms with Gasteiger partial charge in [0.15, 0.2) is 0 Å². The summed E-state index contributed by atoms with van der Waals surface area (Å²) in [5.41, 5.74) is 0.312. The van der Waals surface area contributed by atoms with Gasteiger partial charge in [-0.2, -0.15) is 4.31 Å². The molecule has 2 rings (SSSR count). The van der Waals surface area contributed by atoms with Crippen LogP contribution >= 0.6 is 0 Å². The van der Waals surface area contributed by atoms with Crippen molar-refractivity contribution in [2.24, 2.45) is 0 Å². The molecule has 0 saturated carbocycles. The number of non-ortho nitro benzene ring substituents is 1. The second kappa shape index (κ2) is 8.70. The molecule has 0 unspecified atom stereocenters. The lowest BCUT2D eigenvalue weighted by Gasteiger charge is -2.22. The van der Waals surface area contributed by atoms with E-state index in [1.165, 1.54) is 16.4 Å². The van der Waals surface area contributed by atoms with Crippen LogP contribution in [0.4, 0.5) is 5.69 Å². The van der Waals surface area contributed by atoms with Crippen molar-refractivity contribution in [1.82, 2.24) is 9.21 Å². The molecule has 1 fully saturated rings. The number of methoxy groups -OCH3 is 1. The second-order valence-electron chi connectivity index (χ2n) is 6.15. The summed E-state index contributed by atoms with van der Waals surface area (Å²) < 4.78 is 32.4. The Hall–Kier alpha value is -1.55. The van der Waals surface area contributed by atoms with E-state index in [0.717, 1.165) is 32.0 Å². The molecular formula is C16H25N3O5S. The molecule has 0 amide bonds. The Morgan fingerprint density at radius 2 is 2.00 bits per heavy atom. The lowest BCUT2D eigenvalue weighted by atomic mass is 10.2. The predicted octanol–water partition coefficient (Wildman–Crippen LogP) is 1.64. The standard InChI is InChI=1S/C16H25N3O5S/c1-14-5-6-15(19(20)21)13-16(14)25(22,23)18-9-3-7-17(10-11-18)8-4-12-24-2/h5-6,13H,3-4,7-12H2,1-2H3. The molecule has 8 nitrogen and oxygen atoms in total. The first-order chi connectivity index (χ1) is 11.9. The minimum atomic E-state index is -3.74. The van der Waals surface area contributed by atoms with Gasteiger partial charge in [0, 0.05) is 52.0 Å². The number of rotatable bonds is 7. The van der Waals surface area contributed by atoms with Gasteiger partial charge in [-0.25, -0.2) is 8.42 Å². The van der Waals surface area contributed by atoms with Gasteiger partial charge >= 0.3 is 0 Å². The molecule has 1 aromatic rings. The van der Waals surface area contributed by atoms with Gasteiger partial charge < -0.3 is 9.64 Å². The summed E-state index contributed by atoms with van der Waals surface area (Å²) in [6.07, 6.45) is 1.65. The van der Waals surface area contributed by atoms with Crippen molar-refractivity contribution < 1.29 is 18.1 Å². The third-order valence-electron chi connectivity index (χ3n) is 4.37. The van der Waals surface area contributed by atoms with E-state index in [0.29, 0.717) is 31.8 Å². The van der Waals surface area contributed by atoms with Crippen LogP contribution in [0.5, 0.6) is 0 Å². The fourth-order valence-corrected chi connectivity index (χ4v) is 4.68. The van der Waals surface area contributed by atoms with Crippen LogP contribution in [-0.2, 0) is 14.8 Å². The molecule has 0 radical (unpaired) electrons. The van der Waals surface area contributed by atoms with Gasteiger partial charge in [0.2, 0.25) is 10.0 Å². The highest BCUT2D eigenvalue weighted by atomic mass is 32.2. The van der Waals surface area contributed by atoms with Crippen LogP contribution in [0.1, 0.15) is 18.4 Å². The van der Waals surface area contributed by atoms with Gasteiger partial charge in [-0.3, -0.25) is 10.1 Å². The molecule has 1 aliphatic rings. The Morgan fingerprint density at radius 1 is 1.24 bits per heavy atom. The topological polar surface area (TPSA) is 93.0 Å². The van der Waals surface area contributed by atoms with E-state index in [9.17, 15) is 18.5 Å². The molecule has 25 heavy (non-hydrogen) atoms. The van der Waals surface area contributed by atoms with E-state index < -0.39 is 14.9 Å². The van der Waals surface area contributed by atoms with E-state index in [2.05, 4.69) is 4.90 Å². The highest BCUT2D eigenvalue weighted by molar-refractivity contribution is 7.89. The van der Waals surface area contributed by atoms with Crippen molar-refractivity contribution in [2.75, 3.05) is 46.4 Å². The van der Waals surface area contributed by atoms with Gasteiger partial charge in [-0.1, -0.05) is 6.07 Å². The summed E-state index contributed by atoms with van der Waals surface area (Å²) in [5.74, 6) is 0. The van der Waals surface area contributed by atoms with E-state index >= 15 is 0 Å². The monoisotopic (exact) mass is 371 g/mol. The first kappa shape index (κ1) is 19.8. The summed E-state index contributed by atoms with van der Waals surface area (Å²) in [6, 6.07) is 3.97. The average molecular weight is 371 g/mol. The van der Waals surface area contributed by atoms with E-state index in [-0.39, 0.29) is 10.6 Å². The molecule has 1 aliphatic heterocycles. The van der Waals surface area contributed by atoms with Crippen molar-refractivity contribution in [2.45, 2.75) is 24.7 Å². The van der Waals surface area contributed by atoms with Crippen molar-refractivity contribution in [1.29, 1.82) is 0 Å². The van der Waals surface area contributed by atoms with Crippen molar-refractivity contribution >= 4 is 15.7 Å². The minimum Gasteiger partial charge on any atom is -0.385 e. The van der Waals surface area contributed by atoms with Crippen LogP contribution in [0, 0.1) is 17.0 Å². The second-order valence-corrected chi connectivity index (χ2v) is 8.06. The van der Waals surface area contributed by atoms with Crippen LogP contribution in [0.25, 0.3) is 0 Å². The van der Waals surface area contributed by atoms with Crippen LogP contribution < -0.4 is 0 Å². The zero-order valence-electron chi connectivity index (χ0n) is 14.7. The van der Waals surface area contributed by atoms with E-state index in [1.807, 2.05) is 0 Å². The smallest absolute Gasteiger partial charge is 0.270 e. The maximum Gasteiger partial charge on any atom is 0.270 e. The van der Waals surface area contributed by atoms with Gasteiger partial charge in [-0.15, -0.1) is 0 Å². The number of nitrogens with zero attached hydrogens (tertiary/aromatic N) is 3. The van der Waals surface area contributed by atoms with Gasteiger partial charge in [0.25, 0.3) is 5.69 Å². The molecule has 0 atom stereocenters. The normalized spacial score (nSPS) is 17.4.